The minimum absolute atomic E-state index is 0.106. The molecule has 6 nitrogen and oxygen atoms in total. The molecule has 1 aromatic carbocycles. The maximum absolute atomic E-state index is 15.4. The van der Waals surface area contributed by atoms with Gasteiger partial charge in [-0.15, -0.1) is 0 Å². The van der Waals surface area contributed by atoms with E-state index in [0.29, 0.717) is 28.6 Å². The van der Waals surface area contributed by atoms with Crippen LogP contribution in [0.25, 0.3) is 22.5 Å². The molecule has 0 aliphatic carbocycles. The Bertz CT molecular complexity index is 1100. The van der Waals surface area contributed by atoms with E-state index < -0.39 is 11.7 Å². The van der Waals surface area contributed by atoms with Gasteiger partial charge in [0.15, 0.2) is 0 Å². The first kappa shape index (κ1) is 19.9. The third kappa shape index (κ3) is 3.53. The highest BCUT2D eigenvalue weighted by Gasteiger charge is 2.48. The van der Waals surface area contributed by atoms with Crippen molar-refractivity contribution in [2.24, 2.45) is 5.92 Å². The number of aromatic nitrogens is 4. The Morgan fingerprint density at radius 2 is 2.19 bits per heavy atom. The van der Waals surface area contributed by atoms with Crippen LogP contribution >= 0.6 is 0 Å². The zero-order valence-corrected chi connectivity index (χ0v) is 17.5. The average Bonchev–Trinajstić information content (AvgIpc) is 3.31. The molecular formula is C24H26FN5O. The summed E-state index contributed by atoms with van der Waals surface area (Å²) in [5.41, 5.74) is 2.75. The first-order chi connectivity index (χ1) is 14.9. The lowest BCUT2D eigenvalue weighted by atomic mass is 9.69. The average molecular weight is 420 g/mol. The highest BCUT2D eigenvalue weighted by atomic mass is 19.1. The minimum atomic E-state index is -1.00. The van der Waals surface area contributed by atoms with Crippen molar-refractivity contribution in [3.8, 4) is 22.7 Å². The van der Waals surface area contributed by atoms with Crippen LogP contribution in [0.2, 0.25) is 0 Å². The van der Waals surface area contributed by atoms with Crippen molar-refractivity contribution in [1.82, 2.24) is 24.8 Å². The van der Waals surface area contributed by atoms with Gasteiger partial charge < -0.3 is 15.0 Å². The van der Waals surface area contributed by atoms with Gasteiger partial charge in [-0.3, -0.25) is 9.97 Å². The van der Waals surface area contributed by atoms with Gasteiger partial charge in [-0.25, -0.2) is 9.37 Å². The summed E-state index contributed by atoms with van der Waals surface area (Å²) < 4.78 is 17.2. The molecule has 2 fully saturated rings. The monoisotopic (exact) mass is 419 g/mol. The van der Waals surface area contributed by atoms with Crippen LogP contribution < -0.4 is 5.32 Å². The van der Waals surface area contributed by atoms with E-state index in [1.54, 1.807) is 37.1 Å². The van der Waals surface area contributed by atoms with Crippen LogP contribution in [0.1, 0.15) is 38.3 Å². The summed E-state index contributed by atoms with van der Waals surface area (Å²) in [4.78, 5) is 13.0. The van der Waals surface area contributed by atoms with E-state index in [2.05, 4.69) is 26.8 Å². The highest BCUT2D eigenvalue weighted by molar-refractivity contribution is 5.69. The van der Waals surface area contributed by atoms with Gasteiger partial charge in [0.1, 0.15) is 11.9 Å². The van der Waals surface area contributed by atoms with E-state index in [0.717, 1.165) is 31.4 Å². The zero-order chi connectivity index (χ0) is 21.6. The van der Waals surface area contributed by atoms with Crippen LogP contribution in [-0.2, 0) is 0 Å². The number of phenols is 1. The normalized spacial score (nSPS) is 27.7. The molecule has 2 aromatic heterocycles. The molecule has 2 N–H and O–H groups in total. The standard InChI is InChI=1S/C24H26FN5O/c1-15(19-10-16-4-3-7-24(2,29-16)23(19)25)20-12-28-21(13-27-20)18-6-5-17(11-22(18)31)30-9-8-26-14-30/h5-6,8-9,11-14,16,19,23,29,31H,1,3-4,7,10H2,2H3/t16?,19-,23+,24-/m0/s1. The molecule has 0 spiro atoms. The number of aromatic hydroxyl groups is 1. The number of fused-ring (bicyclic) bond motifs is 2. The number of benzene rings is 1. The van der Waals surface area contributed by atoms with Gasteiger partial charge in [-0.1, -0.05) is 6.58 Å². The Morgan fingerprint density at radius 3 is 2.90 bits per heavy atom. The molecule has 4 heterocycles. The van der Waals surface area contributed by atoms with E-state index in [1.165, 1.54) is 0 Å². The maximum atomic E-state index is 15.4. The van der Waals surface area contributed by atoms with Crippen LogP contribution in [0.3, 0.4) is 0 Å². The Hall–Kier alpha value is -3.06. The number of halogens is 1. The van der Waals surface area contributed by atoms with Gasteiger partial charge in [0.2, 0.25) is 0 Å². The van der Waals surface area contributed by atoms with Crippen LogP contribution in [0.15, 0.2) is 55.9 Å². The molecule has 4 atom stereocenters. The number of piperidine rings is 2. The third-order valence-corrected chi connectivity index (χ3v) is 6.77. The fraction of sp³-hybridized carbons (Fsp3) is 0.375. The van der Waals surface area contributed by atoms with E-state index in [1.807, 2.05) is 23.8 Å². The van der Waals surface area contributed by atoms with Crippen LogP contribution in [-0.4, -0.2) is 42.4 Å². The second-order valence-electron chi connectivity index (χ2n) is 8.88. The number of phenolic OH excluding ortho intramolecular Hbond substituents is 1. The summed E-state index contributed by atoms with van der Waals surface area (Å²) in [7, 11) is 0. The van der Waals surface area contributed by atoms with Crippen LogP contribution in [0.5, 0.6) is 5.75 Å². The molecule has 1 unspecified atom stereocenters. The first-order valence-corrected chi connectivity index (χ1v) is 10.7. The first-order valence-electron chi connectivity index (χ1n) is 10.7. The van der Waals surface area contributed by atoms with Crippen molar-refractivity contribution in [1.29, 1.82) is 0 Å². The molecule has 0 saturated carbocycles. The lowest BCUT2D eigenvalue weighted by Gasteiger charge is -2.50. The molecule has 3 aromatic rings. The van der Waals surface area contributed by atoms with Crippen LogP contribution in [0.4, 0.5) is 4.39 Å². The van der Waals surface area contributed by atoms with Crippen molar-refractivity contribution in [2.45, 2.75) is 50.4 Å². The number of nitrogens with zero attached hydrogens (tertiary/aromatic N) is 4. The second-order valence-corrected chi connectivity index (χ2v) is 8.88. The lowest BCUT2D eigenvalue weighted by Crippen LogP contribution is -2.63. The largest absolute Gasteiger partial charge is 0.507 e. The fourth-order valence-electron chi connectivity index (χ4n) is 5.04. The molecule has 2 aliphatic rings. The lowest BCUT2D eigenvalue weighted by molar-refractivity contribution is 0.0325. The highest BCUT2D eigenvalue weighted by Crippen LogP contribution is 2.43. The molecule has 5 rings (SSSR count). The summed E-state index contributed by atoms with van der Waals surface area (Å²) >= 11 is 0. The molecule has 2 aliphatic heterocycles. The summed E-state index contributed by atoms with van der Waals surface area (Å²) in [5, 5.41) is 14.0. The summed E-state index contributed by atoms with van der Waals surface area (Å²) in [6.45, 7) is 6.17. The second kappa shape index (κ2) is 7.57. The van der Waals surface area contributed by atoms with Crippen molar-refractivity contribution in [2.75, 3.05) is 0 Å². The predicted octanol–water partition coefficient (Wildman–Crippen LogP) is 4.31. The quantitative estimate of drug-likeness (QED) is 0.659. The Kier molecular flexibility index (Phi) is 4.85. The van der Waals surface area contributed by atoms with Gasteiger partial charge in [0, 0.05) is 41.5 Å². The van der Waals surface area contributed by atoms with Crippen molar-refractivity contribution in [3.05, 3.63) is 61.6 Å². The van der Waals surface area contributed by atoms with Gasteiger partial charge in [-0.2, -0.15) is 0 Å². The summed E-state index contributed by atoms with van der Waals surface area (Å²) in [6.07, 6.45) is 11.1. The Labute approximate surface area is 180 Å². The molecule has 2 saturated heterocycles. The molecule has 0 amide bonds. The molecule has 31 heavy (non-hydrogen) atoms. The van der Waals surface area contributed by atoms with Crippen molar-refractivity contribution < 1.29 is 9.50 Å². The number of imidazole rings is 1. The van der Waals surface area contributed by atoms with Gasteiger partial charge in [0.25, 0.3) is 0 Å². The predicted molar refractivity (Wildman–Crippen MR) is 117 cm³/mol. The fourth-order valence-corrected chi connectivity index (χ4v) is 5.04. The van der Waals surface area contributed by atoms with Crippen molar-refractivity contribution in [3.63, 3.8) is 0 Å². The zero-order valence-electron chi connectivity index (χ0n) is 17.5. The van der Waals surface area contributed by atoms with E-state index >= 15 is 4.39 Å². The summed E-state index contributed by atoms with van der Waals surface area (Å²) in [6, 6.07) is 5.67. The topological polar surface area (TPSA) is 75.9 Å². The SMILES string of the molecule is C=C(c1cnc(-c2ccc(-n3ccnc3)cc2O)cn1)[C@@H]1CC2CCC[C@](C)(N2)[C@@H]1F. The van der Waals surface area contributed by atoms with E-state index in [9.17, 15) is 5.11 Å². The number of alkyl halides is 1. The molecular weight excluding hydrogens is 393 g/mol. The minimum Gasteiger partial charge on any atom is -0.507 e. The summed E-state index contributed by atoms with van der Waals surface area (Å²) in [5.74, 6) is -0.158. The molecule has 7 heteroatoms. The molecule has 2 bridgehead atoms. The van der Waals surface area contributed by atoms with Gasteiger partial charge >= 0.3 is 0 Å². The Morgan fingerprint density at radius 1 is 1.32 bits per heavy atom. The van der Waals surface area contributed by atoms with Gasteiger partial charge in [-0.05, 0) is 50.3 Å². The van der Waals surface area contributed by atoms with Crippen molar-refractivity contribution >= 4 is 5.57 Å². The molecule has 0 radical (unpaired) electrons. The smallest absolute Gasteiger partial charge is 0.127 e. The molecule has 160 valence electrons. The number of allylic oxidation sites excluding steroid dienone is 1. The third-order valence-electron chi connectivity index (χ3n) is 6.77. The van der Waals surface area contributed by atoms with E-state index in [4.69, 9.17) is 0 Å². The maximum Gasteiger partial charge on any atom is 0.127 e. The van der Waals surface area contributed by atoms with E-state index in [-0.39, 0.29) is 11.7 Å². The number of hydrogen-bond acceptors (Lipinski definition) is 5. The number of nitrogens with one attached hydrogen (secondary N) is 1. The number of hydrogen-bond donors (Lipinski definition) is 2. The Balaban J connectivity index is 1.37. The van der Waals surface area contributed by atoms with Crippen LogP contribution in [0, 0.1) is 5.92 Å². The van der Waals surface area contributed by atoms with Gasteiger partial charge in [0.05, 0.1) is 35.8 Å². The number of rotatable bonds is 4.